The van der Waals surface area contributed by atoms with E-state index in [2.05, 4.69) is 22.0 Å². The predicted octanol–water partition coefficient (Wildman–Crippen LogP) is 4.48. The molecule has 2 aromatic rings. The molecule has 0 unspecified atom stereocenters. The Morgan fingerprint density at radius 1 is 1.25 bits per heavy atom. The van der Waals surface area contributed by atoms with Crippen LogP contribution in [0.15, 0.2) is 46.9 Å². The largest absolute Gasteiger partial charge is 0.487 e. The molecule has 1 nitrogen and oxygen atoms in total. The van der Waals surface area contributed by atoms with Crippen LogP contribution in [0.5, 0.6) is 5.75 Å². The van der Waals surface area contributed by atoms with Crippen molar-refractivity contribution in [3.8, 4) is 5.75 Å². The molecule has 0 fully saturated rings. The molecular weight excluding hydrogens is 287 g/mol. The van der Waals surface area contributed by atoms with Crippen LogP contribution in [-0.4, -0.2) is 0 Å². The highest BCUT2D eigenvalue weighted by Gasteiger charge is 2.02. The maximum absolute atomic E-state index is 5.96. The molecule has 0 saturated heterocycles. The van der Waals surface area contributed by atoms with E-state index in [4.69, 9.17) is 16.3 Å². The second-order valence-electron chi connectivity index (χ2n) is 3.24. The number of benzene rings is 2. The van der Waals surface area contributed by atoms with Gasteiger partial charge in [0, 0.05) is 10.0 Å². The van der Waals surface area contributed by atoms with Crippen LogP contribution < -0.4 is 4.74 Å². The van der Waals surface area contributed by atoms with Gasteiger partial charge >= 0.3 is 0 Å². The zero-order chi connectivity index (χ0) is 11.4. The predicted molar refractivity (Wildman–Crippen MR) is 68.8 cm³/mol. The quantitative estimate of drug-likeness (QED) is 0.811. The van der Waals surface area contributed by atoms with Crippen LogP contribution in [0, 0.1) is 6.07 Å². The minimum Gasteiger partial charge on any atom is -0.487 e. The van der Waals surface area contributed by atoms with Crippen LogP contribution in [0.1, 0.15) is 5.56 Å². The van der Waals surface area contributed by atoms with Gasteiger partial charge in [-0.1, -0.05) is 51.8 Å². The number of rotatable bonds is 3. The molecule has 0 aliphatic carbocycles. The van der Waals surface area contributed by atoms with Gasteiger partial charge in [0.2, 0.25) is 0 Å². The third-order valence-corrected chi connectivity index (χ3v) is 3.19. The minimum atomic E-state index is 0.491. The highest BCUT2D eigenvalue weighted by molar-refractivity contribution is 9.10. The van der Waals surface area contributed by atoms with E-state index in [-0.39, 0.29) is 0 Å². The summed E-state index contributed by atoms with van der Waals surface area (Å²) in [4.78, 5) is 0. The van der Waals surface area contributed by atoms with Crippen molar-refractivity contribution in [3.05, 3.63) is 63.6 Å². The molecule has 2 aromatic carbocycles. The van der Waals surface area contributed by atoms with Crippen molar-refractivity contribution in [3.63, 3.8) is 0 Å². The fourth-order valence-corrected chi connectivity index (χ4v) is 1.86. The average molecular weight is 297 g/mol. The second-order valence-corrected chi connectivity index (χ2v) is 4.50. The Morgan fingerprint density at radius 2 is 2.06 bits per heavy atom. The van der Waals surface area contributed by atoms with Gasteiger partial charge in [0.1, 0.15) is 12.4 Å². The van der Waals surface area contributed by atoms with Crippen molar-refractivity contribution in [2.24, 2.45) is 0 Å². The van der Waals surface area contributed by atoms with Gasteiger partial charge in [0.25, 0.3) is 0 Å². The molecule has 0 amide bonds. The van der Waals surface area contributed by atoms with Gasteiger partial charge in [-0.2, -0.15) is 0 Å². The molecule has 0 atom stereocenters. The van der Waals surface area contributed by atoms with Crippen LogP contribution in [0.2, 0.25) is 5.02 Å². The summed E-state index contributed by atoms with van der Waals surface area (Å²) in [5, 5.41) is 0.578. The van der Waals surface area contributed by atoms with Crippen molar-refractivity contribution in [2.45, 2.75) is 6.61 Å². The number of halogens is 2. The Bertz CT molecular complexity index is 439. The molecule has 0 bridgehead atoms. The van der Waals surface area contributed by atoms with E-state index >= 15 is 0 Å². The molecule has 2 rings (SSSR count). The Labute approximate surface area is 108 Å². The number of hydrogen-bond acceptors (Lipinski definition) is 1. The van der Waals surface area contributed by atoms with Gasteiger partial charge in [-0.3, -0.25) is 0 Å². The van der Waals surface area contributed by atoms with Crippen LogP contribution in [0.3, 0.4) is 0 Å². The molecule has 0 aliphatic rings. The monoisotopic (exact) mass is 295 g/mol. The Hall–Kier alpha value is -0.990. The molecule has 1 radical (unpaired) electrons. The third-order valence-electron chi connectivity index (χ3n) is 2.12. The summed E-state index contributed by atoms with van der Waals surface area (Å²) in [5.41, 5.74) is 1.09. The van der Waals surface area contributed by atoms with Crippen LogP contribution in [-0.2, 0) is 6.61 Å². The van der Waals surface area contributed by atoms with Gasteiger partial charge < -0.3 is 4.74 Å². The zero-order valence-corrected chi connectivity index (χ0v) is 10.8. The lowest BCUT2D eigenvalue weighted by atomic mass is 10.2. The van der Waals surface area contributed by atoms with Crippen molar-refractivity contribution < 1.29 is 4.74 Å². The van der Waals surface area contributed by atoms with Crippen molar-refractivity contribution in [1.82, 2.24) is 0 Å². The van der Waals surface area contributed by atoms with Gasteiger partial charge in [-0.25, -0.2) is 0 Å². The molecule has 0 N–H and O–H groups in total. The Morgan fingerprint density at radius 3 is 2.81 bits per heavy atom. The molecule has 0 saturated carbocycles. The summed E-state index contributed by atoms with van der Waals surface area (Å²) < 4.78 is 6.66. The van der Waals surface area contributed by atoms with E-state index in [1.165, 1.54) is 0 Å². The molecule has 16 heavy (non-hydrogen) atoms. The Balaban J connectivity index is 2.09. The van der Waals surface area contributed by atoms with Crippen LogP contribution >= 0.6 is 27.5 Å². The molecule has 0 heterocycles. The summed E-state index contributed by atoms with van der Waals surface area (Å²) in [5.74, 6) is 0.677. The first-order chi connectivity index (χ1) is 7.77. The number of ether oxygens (including phenoxy) is 1. The summed E-state index contributed by atoms with van der Waals surface area (Å²) in [6.07, 6.45) is 0. The number of hydrogen-bond donors (Lipinski definition) is 0. The van der Waals surface area contributed by atoms with E-state index in [0.717, 1.165) is 10.0 Å². The topological polar surface area (TPSA) is 9.23 Å². The summed E-state index contributed by atoms with van der Waals surface area (Å²) >= 11 is 9.43. The summed E-state index contributed by atoms with van der Waals surface area (Å²) in [6, 6.07) is 16.1. The summed E-state index contributed by atoms with van der Waals surface area (Å²) in [7, 11) is 0. The molecule has 0 aliphatic heterocycles. The standard InChI is InChI=1S/C13H9BrClO/c14-11-6-2-1-5-10(11)9-16-13-8-4-3-7-12(13)15/h1-2,4-8H,9H2. The van der Waals surface area contributed by atoms with Crippen molar-refractivity contribution >= 4 is 27.5 Å². The van der Waals surface area contributed by atoms with E-state index in [1.54, 1.807) is 18.2 Å². The second kappa shape index (κ2) is 5.37. The molecule has 81 valence electrons. The normalized spacial score (nSPS) is 10.1. The molecule has 0 spiro atoms. The van der Waals surface area contributed by atoms with Gasteiger partial charge in [-0.15, -0.1) is 0 Å². The lowest BCUT2D eigenvalue weighted by Crippen LogP contribution is -1.96. The first-order valence-electron chi connectivity index (χ1n) is 4.79. The summed E-state index contributed by atoms with van der Waals surface area (Å²) in [6.45, 7) is 0.491. The molecule has 3 heteroatoms. The minimum absolute atomic E-state index is 0.491. The van der Waals surface area contributed by atoms with Crippen LogP contribution in [0.25, 0.3) is 0 Å². The molecular formula is C13H9BrClO. The van der Waals surface area contributed by atoms with E-state index < -0.39 is 0 Å². The van der Waals surface area contributed by atoms with Crippen molar-refractivity contribution in [1.29, 1.82) is 0 Å². The first kappa shape index (κ1) is 11.5. The fourth-order valence-electron chi connectivity index (χ4n) is 1.28. The zero-order valence-electron chi connectivity index (χ0n) is 8.41. The van der Waals surface area contributed by atoms with Gasteiger partial charge in [-0.05, 0) is 24.3 Å². The van der Waals surface area contributed by atoms with Crippen molar-refractivity contribution in [2.75, 3.05) is 0 Å². The maximum Gasteiger partial charge on any atom is 0.138 e. The maximum atomic E-state index is 5.96. The fraction of sp³-hybridized carbons (Fsp3) is 0.0769. The average Bonchev–Trinajstić information content (AvgIpc) is 2.30. The highest BCUT2D eigenvalue weighted by atomic mass is 79.9. The van der Waals surface area contributed by atoms with E-state index in [9.17, 15) is 0 Å². The Kier molecular flexibility index (Phi) is 3.86. The molecule has 0 aromatic heterocycles. The smallest absolute Gasteiger partial charge is 0.138 e. The first-order valence-corrected chi connectivity index (χ1v) is 5.96. The van der Waals surface area contributed by atoms with Gasteiger partial charge in [0.05, 0.1) is 5.02 Å². The SMILES string of the molecule is Clc1c[c]ccc1OCc1ccccc1Br. The lowest BCUT2D eigenvalue weighted by molar-refractivity contribution is 0.305. The van der Waals surface area contributed by atoms with E-state index in [0.29, 0.717) is 17.4 Å². The highest BCUT2D eigenvalue weighted by Crippen LogP contribution is 2.25. The third kappa shape index (κ3) is 2.77. The van der Waals surface area contributed by atoms with Crippen LogP contribution in [0.4, 0.5) is 0 Å². The van der Waals surface area contributed by atoms with Gasteiger partial charge in [0.15, 0.2) is 0 Å². The van der Waals surface area contributed by atoms with E-state index in [1.807, 2.05) is 24.3 Å². The lowest BCUT2D eigenvalue weighted by Gasteiger charge is -2.08.